The number of nitrogens with zero attached hydrogens (tertiary/aromatic N) is 1. The summed E-state index contributed by atoms with van der Waals surface area (Å²) in [6.45, 7) is 4.14. The first-order valence-corrected chi connectivity index (χ1v) is 7.15. The van der Waals surface area contributed by atoms with Crippen molar-refractivity contribution in [3.05, 3.63) is 29.8 Å². The maximum absolute atomic E-state index is 13.1. The lowest BCUT2D eigenvalue weighted by atomic mass is 9.94. The molecule has 1 rings (SSSR count). The predicted molar refractivity (Wildman–Crippen MR) is 69.0 cm³/mol. The zero-order valence-electron chi connectivity index (χ0n) is 11.2. The van der Waals surface area contributed by atoms with Gasteiger partial charge in [-0.3, -0.25) is 0 Å². The van der Waals surface area contributed by atoms with Crippen LogP contribution in [-0.2, 0) is 10.0 Å². The molecule has 0 spiro atoms. The number of rotatable bonds is 5. The van der Waals surface area contributed by atoms with Crippen molar-refractivity contribution < 1.29 is 17.2 Å². The summed E-state index contributed by atoms with van der Waals surface area (Å²) in [5.41, 5.74) is 5.15. The molecule has 0 amide bonds. The van der Waals surface area contributed by atoms with E-state index in [1.54, 1.807) is 0 Å². The van der Waals surface area contributed by atoms with Crippen LogP contribution in [0.5, 0.6) is 0 Å². The summed E-state index contributed by atoms with van der Waals surface area (Å²) in [6, 6.07) is 2.51. The van der Waals surface area contributed by atoms with Gasteiger partial charge in [0.25, 0.3) is 0 Å². The van der Waals surface area contributed by atoms with Crippen molar-refractivity contribution >= 4 is 10.0 Å². The summed E-state index contributed by atoms with van der Waals surface area (Å²) >= 11 is 0. The Bertz CT molecular complexity index is 559. The number of hydrogen-bond donors (Lipinski definition) is 1. The van der Waals surface area contributed by atoms with Crippen molar-refractivity contribution in [2.45, 2.75) is 18.7 Å². The van der Waals surface area contributed by atoms with Gasteiger partial charge in [0.05, 0.1) is 4.90 Å². The number of benzene rings is 1. The third kappa shape index (κ3) is 3.71. The Kier molecular flexibility index (Phi) is 4.65. The van der Waals surface area contributed by atoms with Crippen LogP contribution >= 0.6 is 0 Å². The molecule has 0 fully saturated rings. The standard InChI is InChI=1S/C12H18F2N2O2S/c1-12(2,7-15)8-16(3)19(17,18)9-4-5-10(13)11(14)6-9/h4-6H,7-8,15H2,1-3H3. The normalized spacial score (nSPS) is 13.0. The van der Waals surface area contributed by atoms with E-state index in [-0.39, 0.29) is 11.4 Å². The summed E-state index contributed by atoms with van der Waals surface area (Å²) in [5.74, 6) is -2.27. The Morgan fingerprint density at radius 1 is 1.26 bits per heavy atom. The van der Waals surface area contributed by atoms with E-state index in [0.717, 1.165) is 16.4 Å². The van der Waals surface area contributed by atoms with Crippen LogP contribution in [0.4, 0.5) is 8.78 Å². The van der Waals surface area contributed by atoms with Gasteiger partial charge in [0.15, 0.2) is 11.6 Å². The Morgan fingerprint density at radius 2 is 1.84 bits per heavy atom. The lowest BCUT2D eigenvalue weighted by Gasteiger charge is -2.28. The van der Waals surface area contributed by atoms with E-state index in [2.05, 4.69) is 0 Å². The molecule has 7 heteroatoms. The minimum Gasteiger partial charge on any atom is -0.330 e. The lowest BCUT2D eigenvalue weighted by molar-refractivity contribution is 0.292. The molecule has 0 bridgehead atoms. The minimum atomic E-state index is -3.85. The molecule has 0 saturated carbocycles. The fourth-order valence-electron chi connectivity index (χ4n) is 1.57. The van der Waals surface area contributed by atoms with Crippen molar-refractivity contribution in [2.75, 3.05) is 20.1 Å². The second kappa shape index (κ2) is 5.52. The highest BCUT2D eigenvalue weighted by molar-refractivity contribution is 7.89. The van der Waals surface area contributed by atoms with Crippen molar-refractivity contribution in [2.24, 2.45) is 11.1 Å². The predicted octanol–water partition coefficient (Wildman–Crippen LogP) is 1.57. The van der Waals surface area contributed by atoms with Crippen LogP contribution in [0, 0.1) is 17.0 Å². The summed E-state index contributed by atoms with van der Waals surface area (Å²) < 4.78 is 51.4. The SMILES string of the molecule is CN(CC(C)(C)CN)S(=O)(=O)c1ccc(F)c(F)c1. The van der Waals surface area contributed by atoms with Gasteiger partial charge in [-0.15, -0.1) is 0 Å². The molecule has 19 heavy (non-hydrogen) atoms. The average molecular weight is 292 g/mol. The minimum absolute atomic E-state index is 0.185. The summed E-state index contributed by atoms with van der Waals surface area (Å²) in [6.07, 6.45) is 0. The van der Waals surface area contributed by atoms with Crippen molar-refractivity contribution in [1.29, 1.82) is 0 Å². The number of sulfonamides is 1. The molecular weight excluding hydrogens is 274 g/mol. The fraction of sp³-hybridized carbons (Fsp3) is 0.500. The Morgan fingerprint density at radius 3 is 2.32 bits per heavy atom. The fourth-order valence-corrected chi connectivity index (χ4v) is 2.94. The first kappa shape index (κ1) is 16.0. The van der Waals surface area contributed by atoms with Gasteiger partial charge in [0, 0.05) is 13.6 Å². The number of hydrogen-bond acceptors (Lipinski definition) is 3. The second-order valence-electron chi connectivity index (χ2n) is 5.21. The maximum Gasteiger partial charge on any atom is 0.242 e. The Balaban J connectivity index is 3.06. The van der Waals surface area contributed by atoms with E-state index in [0.29, 0.717) is 12.6 Å². The largest absolute Gasteiger partial charge is 0.330 e. The van der Waals surface area contributed by atoms with Gasteiger partial charge in [-0.1, -0.05) is 13.8 Å². The van der Waals surface area contributed by atoms with Crippen LogP contribution in [0.1, 0.15) is 13.8 Å². The molecular formula is C12H18F2N2O2S. The van der Waals surface area contributed by atoms with Crippen LogP contribution < -0.4 is 5.73 Å². The third-order valence-electron chi connectivity index (χ3n) is 2.80. The number of nitrogens with two attached hydrogens (primary N) is 1. The van der Waals surface area contributed by atoms with Crippen LogP contribution in [0.15, 0.2) is 23.1 Å². The quantitative estimate of drug-likeness (QED) is 0.896. The van der Waals surface area contributed by atoms with Gasteiger partial charge in [-0.2, -0.15) is 0 Å². The molecule has 4 nitrogen and oxygen atoms in total. The zero-order chi connectivity index (χ0) is 14.8. The molecule has 0 unspecified atom stereocenters. The molecule has 0 aromatic heterocycles. The molecule has 0 aliphatic heterocycles. The summed E-state index contributed by atoms with van der Waals surface area (Å²) in [4.78, 5) is -0.276. The third-order valence-corrected chi connectivity index (χ3v) is 4.60. The first-order chi connectivity index (χ1) is 8.60. The van der Waals surface area contributed by atoms with Gasteiger partial charge < -0.3 is 5.73 Å². The van der Waals surface area contributed by atoms with Gasteiger partial charge in [0.2, 0.25) is 10.0 Å². The first-order valence-electron chi connectivity index (χ1n) is 5.71. The average Bonchev–Trinajstić information content (AvgIpc) is 2.32. The Labute approximate surface area is 112 Å². The molecule has 108 valence electrons. The van der Waals surface area contributed by atoms with Gasteiger partial charge in [-0.05, 0) is 30.2 Å². The second-order valence-corrected chi connectivity index (χ2v) is 7.25. The number of halogens is 2. The molecule has 0 saturated heterocycles. The van der Waals surface area contributed by atoms with Crippen LogP contribution in [0.2, 0.25) is 0 Å². The van der Waals surface area contributed by atoms with E-state index in [1.807, 2.05) is 13.8 Å². The molecule has 1 aromatic carbocycles. The molecule has 0 heterocycles. The van der Waals surface area contributed by atoms with E-state index in [9.17, 15) is 17.2 Å². The maximum atomic E-state index is 13.1. The van der Waals surface area contributed by atoms with E-state index >= 15 is 0 Å². The molecule has 1 aromatic rings. The highest BCUT2D eigenvalue weighted by Crippen LogP contribution is 2.21. The van der Waals surface area contributed by atoms with Crippen molar-refractivity contribution in [1.82, 2.24) is 4.31 Å². The van der Waals surface area contributed by atoms with E-state index in [1.165, 1.54) is 7.05 Å². The smallest absolute Gasteiger partial charge is 0.242 e. The molecule has 0 atom stereocenters. The zero-order valence-corrected chi connectivity index (χ0v) is 12.0. The van der Waals surface area contributed by atoms with Gasteiger partial charge in [-0.25, -0.2) is 21.5 Å². The molecule has 2 N–H and O–H groups in total. The lowest BCUT2D eigenvalue weighted by Crippen LogP contribution is -2.39. The highest BCUT2D eigenvalue weighted by Gasteiger charge is 2.27. The van der Waals surface area contributed by atoms with Crippen LogP contribution in [0.3, 0.4) is 0 Å². The monoisotopic (exact) mass is 292 g/mol. The molecule has 0 aliphatic carbocycles. The topological polar surface area (TPSA) is 63.4 Å². The van der Waals surface area contributed by atoms with E-state index < -0.39 is 27.1 Å². The Hall–Kier alpha value is -1.05. The van der Waals surface area contributed by atoms with Crippen LogP contribution in [-0.4, -0.2) is 32.9 Å². The summed E-state index contributed by atoms with van der Waals surface area (Å²) in [7, 11) is -2.47. The van der Waals surface area contributed by atoms with Gasteiger partial charge in [0.1, 0.15) is 0 Å². The van der Waals surface area contributed by atoms with Gasteiger partial charge >= 0.3 is 0 Å². The van der Waals surface area contributed by atoms with Crippen LogP contribution in [0.25, 0.3) is 0 Å². The molecule has 0 radical (unpaired) electrons. The molecule has 0 aliphatic rings. The van der Waals surface area contributed by atoms with Crippen molar-refractivity contribution in [3.63, 3.8) is 0 Å². The van der Waals surface area contributed by atoms with E-state index in [4.69, 9.17) is 5.73 Å². The van der Waals surface area contributed by atoms with Crippen molar-refractivity contribution in [3.8, 4) is 0 Å². The summed E-state index contributed by atoms with van der Waals surface area (Å²) in [5, 5.41) is 0. The highest BCUT2D eigenvalue weighted by atomic mass is 32.2.